The van der Waals surface area contributed by atoms with E-state index in [0.29, 0.717) is 11.3 Å². The molecule has 2 aromatic rings. The van der Waals surface area contributed by atoms with Gasteiger partial charge in [0.05, 0.1) is 18.1 Å². The molecule has 0 aromatic heterocycles. The number of ether oxygens (including phenoxy) is 4. The van der Waals surface area contributed by atoms with Crippen molar-refractivity contribution in [1.82, 2.24) is 0 Å². The Kier molecular flexibility index (Phi) is 5.44. The molecule has 1 aliphatic heterocycles. The Bertz CT molecular complexity index is 922. The summed E-state index contributed by atoms with van der Waals surface area (Å²) < 4.78 is 20.9. The quantitative estimate of drug-likeness (QED) is 0.322. The summed E-state index contributed by atoms with van der Waals surface area (Å²) in [7, 11) is 1.50. The Balaban J connectivity index is 1.81. The Morgan fingerprint density at radius 3 is 2.29 bits per heavy atom. The second-order valence-electron chi connectivity index (χ2n) is 5.91. The fourth-order valence-electron chi connectivity index (χ4n) is 2.66. The highest BCUT2D eigenvalue weighted by atomic mass is 16.6. The van der Waals surface area contributed by atoms with Crippen LogP contribution in [0.15, 0.2) is 36.4 Å². The molecule has 0 unspecified atom stereocenters. The molecule has 3 rings (SSSR count). The number of hydrogen-bond acceptors (Lipinski definition) is 8. The summed E-state index contributed by atoms with van der Waals surface area (Å²) >= 11 is 0. The van der Waals surface area contributed by atoms with Crippen LogP contribution in [-0.4, -0.2) is 43.1 Å². The molecule has 28 heavy (non-hydrogen) atoms. The SMILES string of the molecule is COc1ccc(C(=O)[C@H](C)OC(=O)c2cc3c(cc2[N+](=O)[O-])OCCO3)cc1. The topological polar surface area (TPSA) is 114 Å². The second-order valence-corrected chi connectivity index (χ2v) is 5.91. The molecule has 0 bridgehead atoms. The lowest BCUT2D eigenvalue weighted by atomic mass is 10.1. The highest BCUT2D eigenvalue weighted by Crippen LogP contribution is 2.37. The first-order valence-corrected chi connectivity index (χ1v) is 8.38. The molecule has 1 heterocycles. The maximum Gasteiger partial charge on any atom is 0.346 e. The standard InChI is InChI=1S/C19H17NO8/c1-11(18(21)12-3-5-13(25-2)6-4-12)28-19(22)14-9-16-17(27-8-7-26-16)10-15(14)20(23)24/h3-6,9-11H,7-8H2,1-2H3/t11-/m0/s1. The van der Waals surface area contributed by atoms with E-state index < -0.39 is 28.5 Å². The number of benzene rings is 2. The predicted molar refractivity (Wildman–Crippen MR) is 96.3 cm³/mol. The van der Waals surface area contributed by atoms with Gasteiger partial charge in [0, 0.05) is 11.6 Å². The Hall–Kier alpha value is -3.62. The lowest BCUT2D eigenvalue weighted by Gasteiger charge is -2.19. The van der Waals surface area contributed by atoms with Crippen molar-refractivity contribution in [2.45, 2.75) is 13.0 Å². The average Bonchev–Trinajstić information content (AvgIpc) is 2.72. The number of nitro groups is 1. The molecule has 2 aromatic carbocycles. The summed E-state index contributed by atoms with van der Waals surface area (Å²) in [6.45, 7) is 1.90. The van der Waals surface area contributed by atoms with E-state index >= 15 is 0 Å². The van der Waals surface area contributed by atoms with E-state index in [2.05, 4.69) is 0 Å². The van der Waals surface area contributed by atoms with Crippen LogP contribution < -0.4 is 14.2 Å². The lowest BCUT2D eigenvalue weighted by molar-refractivity contribution is -0.385. The third-order valence-corrected chi connectivity index (χ3v) is 4.10. The van der Waals surface area contributed by atoms with Crippen molar-refractivity contribution in [3.8, 4) is 17.2 Å². The van der Waals surface area contributed by atoms with Gasteiger partial charge < -0.3 is 18.9 Å². The molecule has 0 fully saturated rings. The number of carbonyl (C=O) groups excluding carboxylic acids is 2. The first kappa shape index (κ1) is 19.2. The van der Waals surface area contributed by atoms with Crippen LogP contribution >= 0.6 is 0 Å². The van der Waals surface area contributed by atoms with Crippen LogP contribution in [0.3, 0.4) is 0 Å². The van der Waals surface area contributed by atoms with Crippen LogP contribution in [0.1, 0.15) is 27.6 Å². The van der Waals surface area contributed by atoms with Gasteiger partial charge in [0.15, 0.2) is 17.6 Å². The number of carbonyl (C=O) groups is 2. The van der Waals surface area contributed by atoms with Gasteiger partial charge in [0.2, 0.25) is 5.78 Å². The minimum atomic E-state index is -1.14. The molecule has 1 atom stereocenters. The molecule has 0 saturated heterocycles. The van der Waals surface area contributed by atoms with Crippen molar-refractivity contribution in [2.75, 3.05) is 20.3 Å². The van der Waals surface area contributed by atoms with Crippen LogP contribution in [-0.2, 0) is 4.74 Å². The number of hydrogen-bond donors (Lipinski definition) is 0. The zero-order chi connectivity index (χ0) is 20.3. The number of nitro benzene ring substituents is 1. The summed E-state index contributed by atoms with van der Waals surface area (Å²) in [4.78, 5) is 35.6. The fourth-order valence-corrected chi connectivity index (χ4v) is 2.66. The molecular weight excluding hydrogens is 370 g/mol. The molecule has 0 spiro atoms. The number of nitrogens with zero attached hydrogens (tertiary/aromatic N) is 1. The summed E-state index contributed by atoms with van der Waals surface area (Å²) in [5, 5.41) is 11.3. The summed E-state index contributed by atoms with van der Waals surface area (Å²) in [6.07, 6.45) is -1.14. The third-order valence-electron chi connectivity index (χ3n) is 4.10. The van der Waals surface area contributed by atoms with Gasteiger partial charge in [-0.05, 0) is 31.2 Å². The molecule has 146 valence electrons. The maximum absolute atomic E-state index is 12.5. The van der Waals surface area contributed by atoms with E-state index in [9.17, 15) is 19.7 Å². The molecule has 0 aliphatic carbocycles. The number of ketones is 1. The zero-order valence-electron chi connectivity index (χ0n) is 15.2. The van der Waals surface area contributed by atoms with E-state index in [1.165, 1.54) is 32.2 Å². The largest absolute Gasteiger partial charge is 0.497 e. The first-order chi connectivity index (χ1) is 13.4. The van der Waals surface area contributed by atoms with Gasteiger partial charge in [-0.3, -0.25) is 14.9 Å². The number of methoxy groups -OCH3 is 1. The smallest absolute Gasteiger partial charge is 0.346 e. The highest BCUT2D eigenvalue weighted by Gasteiger charge is 2.29. The van der Waals surface area contributed by atoms with Gasteiger partial charge in [-0.15, -0.1) is 0 Å². The Labute approximate surface area is 159 Å². The van der Waals surface area contributed by atoms with Crippen molar-refractivity contribution in [3.63, 3.8) is 0 Å². The molecule has 0 radical (unpaired) electrons. The van der Waals surface area contributed by atoms with Gasteiger partial charge in [-0.2, -0.15) is 0 Å². The summed E-state index contributed by atoms with van der Waals surface area (Å²) in [5.74, 6) is -0.489. The number of esters is 1. The summed E-state index contributed by atoms with van der Waals surface area (Å²) in [6, 6.07) is 8.59. The average molecular weight is 387 g/mol. The monoisotopic (exact) mass is 387 g/mol. The molecule has 9 heteroatoms. The van der Waals surface area contributed by atoms with E-state index in [0.717, 1.165) is 6.07 Å². The lowest BCUT2D eigenvalue weighted by Crippen LogP contribution is -2.25. The predicted octanol–water partition coefficient (Wildman–Crippen LogP) is 2.80. The van der Waals surface area contributed by atoms with Crippen LogP contribution in [0.4, 0.5) is 5.69 Å². The van der Waals surface area contributed by atoms with E-state index in [4.69, 9.17) is 18.9 Å². The molecule has 0 amide bonds. The Morgan fingerprint density at radius 2 is 1.71 bits per heavy atom. The van der Waals surface area contributed by atoms with E-state index in [-0.39, 0.29) is 30.3 Å². The third kappa shape index (κ3) is 3.88. The van der Waals surface area contributed by atoms with Crippen molar-refractivity contribution < 1.29 is 33.5 Å². The molecule has 1 aliphatic rings. The highest BCUT2D eigenvalue weighted by molar-refractivity contribution is 6.02. The second kappa shape index (κ2) is 7.95. The number of Topliss-reactive ketones (excluding diaryl/α,β-unsaturated/α-hetero) is 1. The maximum atomic E-state index is 12.5. The van der Waals surface area contributed by atoms with Gasteiger partial charge in [-0.1, -0.05) is 0 Å². The van der Waals surface area contributed by atoms with Crippen molar-refractivity contribution >= 4 is 17.4 Å². The van der Waals surface area contributed by atoms with Gasteiger partial charge in [-0.25, -0.2) is 4.79 Å². The molecule has 0 saturated carbocycles. The number of fused-ring (bicyclic) bond motifs is 1. The number of rotatable bonds is 6. The van der Waals surface area contributed by atoms with E-state index in [1.807, 2.05) is 0 Å². The van der Waals surface area contributed by atoms with Crippen molar-refractivity contribution in [2.24, 2.45) is 0 Å². The van der Waals surface area contributed by atoms with Crippen LogP contribution in [0, 0.1) is 10.1 Å². The zero-order valence-corrected chi connectivity index (χ0v) is 15.2. The van der Waals surface area contributed by atoms with Crippen molar-refractivity contribution in [1.29, 1.82) is 0 Å². The van der Waals surface area contributed by atoms with Gasteiger partial charge in [0.25, 0.3) is 5.69 Å². The van der Waals surface area contributed by atoms with Crippen LogP contribution in [0.25, 0.3) is 0 Å². The van der Waals surface area contributed by atoms with Crippen LogP contribution in [0.5, 0.6) is 17.2 Å². The first-order valence-electron chi connectivity index (χ1n) is 8.38. The van der Waals surface area contributed by atoms with E-state index in [1.54, 1.807) is 12.1 Å². The van der Waals surface area contributed by atoms with Gasteiger partial charge in [0.1, 0.15) is 24.5 Å². The Morgan fingerprint density at radius 1 is 1.11 bits per heavy atom. The minimum Gasteiger partial charge on any atom is -0.497 e. The van der Waals surface area contributed by atoms with Crippen molar-refractivity contribution in [3.05, 3.63) is 57.6 Å². The van der Waals surface area contributed by atoms with Crippen LogP contribution in [0.2, 0.25) is 0 Å². The van der Waals surface area contributed by atoms with Gasteiger partial charge >= 0.3 is 5.97 Å². The molecular formula is C19H17NO8. The summed E-state index contributed by atoms with van der Waals surface area (Å²) in [5.41, 5.74) is -0.486. The molecule has 9 nitrogen and oxygen atoms in total. The molecule has 0 N–H and O–H groups in total. The minimum absolute atomic E-state index is 0.178. The normalized spacial score (nSPS) is 13.4. The fraction of sp³-hybridized carbons (Fsp3) is 0.263.